The van der Waals surface area contributed by atoms with Crippen LogP contribution in [0.4, 0.5) is 0 Å². The van der Waals surface area contributed by atoms with E-state index in [-0.39, 0.29) is 5.91 Å². The molecular weight excluding hydrogens is 304 g/mol. The van der Waals surface area contributed by atoms with Crippen LogP contribution in [-0.4, -0.2) is 25.5 Å². The number of carbonyl (C=O) groups is 1. The highest BCUT2D eigenvalue weighted by Gasteiger charge is 2.06. The van der Waals surface area contributed by atoms with Crippen molar-refractivity contribution in [1.29, 1.82) is 0 Å². The first-order chi connectivity index (χ1) is 8.13. The van der Waals surface area contributed by atoms with Gasteiger partial charge in [-0.1, -0.05) is 34.5 Å². The van der Waals surface area contributed by atoms with Crippen LogP contribution in [0.25, 0.3) is 0 Å². The number of nitrogens with one attached hydrogen (secondary N) is 2. The second-order valence-electron chi connectivity index (χ2n) is 3.62. The first kappa shape index (κ1) is 14.5. The van der Waals surface area contributed by atoms with Crippen LogP contribution in [0.1, 0.15) is 23.7 Å². The first-order valence-electron chi connectivity index (χ1n) is 5.58. The van der Waals surface area contributed by atoms with Crippen molar-refractivity contribution in [3.8, 4) is 0 Å². The number of carbonyl (C=O) groups excluding carboxylic acids is 1. The third kappa shape index (κ3) is 5.52. The summed E-state index contributed by atoms with van der Waals surface area (Å²) in [5.41, 5.74) is 0.577. The van der Waals surface area contributed by atoms with E-state index in [9.17, 15) is 4.79 Å². The van der Waals surface area contributed by atoms with E-state index in [0.717, 1.165) is 24.0 Å². The van der Waals surface area contributed by atoms with Crippen molar-refractivity contribution in [1.82, 2.24) is 10.6 Å². The molecule has 0 aliphatic carbocycles. The lowest BCUT2D eigenvalue weighted by atomic mass is 10.2. The van der Waals surface area contributed by atoms with Gasteiger partial charge in [0.2, 0.25) is 0 Å². The molecule has 0 saturated heterocycles. The van der Waals surface area contributed by atoms with Gasteiger partial charge < -0.3 is 10.6 Å². The predicted molar refractivity (Wildman–Crippen MR) is 74.6 cm³/mol. The van der Waals surface area contributed by atoms with E-state index < -0.39 is 0 Å². The van der Waals surface area contributed by atoms with E-state index in [1.807, 2.05) is 0 Å². The summed E-state index contributed by atoms with van der Waals surface area (Å²) in [6.07, 6.45) is 0.918. The Hall–Kier alpha value is -0.580. The average molecular weight is 320 g/mol. The molecule has 0 unspecified atom stereocenters. The Kier molecular flexibility index (Phi) is 6.55. The summed E-state index contributed by atoms with van der Waals surface area (Å²) in [5, 5.41) is 6.61. The molecule has 5 heteroatoms. The maximum atomic E-state index is 11.8. The van der Waals surface area contributed by atoms with Crippen molar-refractivity contribution in [2.24, 2.45) is 0 Å². The lowest BCUT2D eigenvalue weighted by Crippen LogP contribution is -2.27. The minimum absolute atomic E-state index is 0.0929. The van der Waals surface area contributed by atoms with E-state index in [0.29, 0.717) is 17.1 Å². The number of halogens is 2. The monoisotopic (exact) mass is 318 g/mol. The molecule has 0 radical (unpaired) electrons. The largest absolute Gasteiger partial charge is 0.352 e. The van der Waals surface area contributed by atoms with Gasteiger partial charge in [-0.15, -0.1) is 0 Å². The molecule has 1 aromatic carbocycles. The van der Waals surface area contributed by atoms with Gasteiger partial charge in [-0.2, -0.15) is 0 Å². The fourth-order valence-electron chi connectivity index (χ4n) is 1.38. The molecule has 17 heavy (non-hydrogen) atoms. The number of amides is 1. The summed E-state index contributed by atoms with van der Waals surface area (Å²) < 4.78 is 0.808. The van der Waals surface area contributed by atoms with Crippen LogP contribution in [0.3, 0.4) is 0 Å². The summed E-state index contributed by atoms with van der Waals surface area (Å²) in [5.74, 6) is -0.0929. The minimum atomic E-state index is -0.0929. The van der Waals surface area contributed by atoms with E-state index >= 15 is 0 Å². The maximum Gasteiger partial charge on any atom is 0.251 e. The molecular formula is C12H16BrClN2O. The Balaban J connectivity index is 2.41. The van der Waals surface area contributed by atoms with Crippen molar-refractivity contribution in [2.45, 2.75) is 13.3 Å². The molecule has 0 bridgehead atoms. The lowest BCUT2D eigenvalue weighted by molar-refractivity contribution is 0.0953. The molecule has 1 amide bonds. The molecule has 94 valence electrons. The quantitative estimate of drug-likeness (QED) is 0.792. The number of hydrogen-bond donors (Lipinski definition) is 2. The van der Waals surface area contributed by atoms with Gasteiger partial charge >= 0.3 is 0 Å². The van der Waals surface area contributed by atoms with Gasteiger partial charge in [0.25, 0.3) is 5.91 Å². The summed E-state index contributed by atoms with van der Waals surface area (Å²) in [4.78, 5) is 11.8. The Morgan fingerprint density at radius 1 is 1.35 bits per heavy atom. The standard InChI is InChI=1S/C12H16BrClN2O/c1-2-15-4-3-5-16-12(17)9-6-10(13)8-11(14)7-9/h6-8,15H,2-5H2,1H3,(H,16,17). The number of benzene rings is 1. The van der Waals surface area contributed by atoms with Gasteiger partial charge in [-0.3, -0.25) is 4.79 Å². The Morgan fingerprint density at radius 3 is 2.76 bits per heavy atom. The topological polar surface area (TPSA) is 41.1 Å². The number of rotatable bonds is 6. The summed E-state index contributed by atoms with van der Waals surface area (Å²) in [6.45, 7) is 4.59. The highest BCUT2D eigenvalue weighted by atomic mass is 79.9. The van der Waals surface area contributed by atoms with Crippen LogP contribution >= 0.6 is 27.5 Å². The second-order valence-corrected chi connectivity index (χ2v) is 4.97. The molecule has 0 saturated carbocycles. The van der Waals surface area contributed by atoms with Crippen LogP contribution in [0.5, 0.6) is 0 Å². The zero-order valence-electron chi connectivity index (χ0n) is 9.72. The van der Waals surface area contributed by atoms with Gasteiger partial charge in [-0.25, -0.2) is 0 Å². The van der Waals surface area contributed by atoms with Crippen LogP contribution in [-0.2, 0) is 0 Å². The van der Waals surface area contributed by atoms with Gasteiger partial charge in [0.1, 0.15) is 0 Å². The Labute approximate surface area is 115 Å². The summed E-state index contributed by atoms with van der Waals surface area (Å²) >= 11 is 9.19. The zero-order chi connectivity index (χ0) is 12.7. The number of hydrogen-bond acceptors (Lipinski definition) is 2. The molecule has 2 N–H and O–H groups in total. The van der Waals surface area contributed by atoms with Crippen molar-refractivity contribution >= 4 is 33.4 Å². The van der Waals surface area contributed by atoms with E-state index in [4.69, 9.17) is 11.6 Å². The molecule has 1 rings (SSSR count). The Bertz CT molecular complexity index is 365. The normalized spacial score (nSPS) is 10.3. The fraction of sp³-hybridized carbons (Fsp3) is 0.417. The molecule has 0 heterocycles. The summed E-state index contributed by atoms with van der Waals surface area (Å²) in [6, 6.07) is 5.17. The van der Waals surface area contributed by atoms with Gasteiger partial charge in [0, 0.05) is 21.6 Å². The fourth-order valence-corrected chi connectivity index (χ4v) is 2.24. The molecule has 0 fully saturated rings. The lowest BCUT2D eigenvalue weighted by Gasteiger charge is -2.06. The highest BCUT2D eigenvalue weighted by Crippen LogP contribution is 2.19. The first-order valence-corrected chi connectivity index (χ1v) is 6.75. The Morgan fingerprint density at radius 2 is 2.12 bits per heavy atom. The van der Waals surface area contributed by atoms with E-state index in [2.05, 4.69) is 33.5 Å². The average Bonchev–Trinajstić information content (AvgIpc) is 2.27. The van der Waals surface area contributed by atoms with Crippen LogP contribution < -0.4 is 10.6 Å². The summed E-state index contributed by atoms with van der Waals surface area (Å²) in [7, 11) is 0. The van der Waals surface area contributed by atoms with Gasteiger partial charge in [0.15, 0.2) is 0 Å². The van der Waals surface area contributed by atoms with Crippen LogP contribution in [0, 0.1) is 0 Å². The molecule has 0 atom stereocenters. The van der Waals surface area contributed by atoms with Crippen LogP contribution in [0.15, 0.2) is 22.7 Å². The van der Waals surface area contributed by atoms with E-state index in [1.54, 1.807) is 18.2 Å². The SMILES string of the molecule is CCNCCCNC(=O)c1cc(Cl)cc(Br)c1. The van der Waals surface area contributed by atoms with Crippen LogP contribution in [0.2, 0.25) is 5.02 Å². The van der Waals surface area contributed by atoms with Gasteiger partial charge in [0.05, 0.1) is 0 Å². The maximum absolute atomic E-state index is 11.8. The molecule has 0 aliphatic rings. The second kappa shape index (κ2) is 7.69. The van der Waals surface area contributed by atoms with Gasteiger partial charge in [-0.05, 0) is 37.7 Å². The molecule has 1 aromatic rings. The molecule has 0 aliphatic heterocycles. The molecule has 0 spiro atoms. The van der Waals surface area contributed by atoms with Crippen molar-refractivity contribution in [3.05, 3.63) is 33.3 Å². The minimum Gasteiger partial charge on any atom is -0.352 e. The molecule has 0 aromatic heterocycles. The predicted octanol–water partition coefficient (Wildman–Crippen LogP) is 2.83. The van der Waals surface area contributed by atoms with E-state index in [1.165, 1.54) is 0 Å². The zero-order valence-corrected chi connectivity index (χ0v) is 12.1. The van der Waals surface area contributed by atoms with Crippen molar-refractivity contribution < 1.29 is 4.79 Å². The highest BCUT2D eigenvalue weighted by molar-refractivity contribution is 9.10. The van der Waals surface area contributed by atoms with Crippen molar-refractivity contribution in [2.75, 3.05) is 19.6 Å². The third-order valence-corrected chi connectivity index (χ3v) is 2.87. The van der Waals surface area contributed by atoms with Crippen molar-refractivity contribution in [3.63, 3.8) is 0 Å². The third-order valence-electron chi connectivity index (χ3n) is 2.19. The smallest absolute Gasteiger partial charge is 0.251 e. The molecule has 3 nitrogen and oxygen atoms in total.